The van der Waals surface area contributed by atoms with Crippen molar-refractivity contribution in [3.8, 4) is 11.5 Å². The van der Waals surface area contributed by atoms with E-state index >= 15 is 0 Å². The van der Waals surface area contributed by atoms with Crippen LogP contribution in [0.1, 0.15) is 18.4 Å². The maximum absolute atomic E-state index is 9.40. The molecule has 0 atom stereocenters. The number of nitrogens with one attached hydrogen (secondary N) is 1. The first-order valence-corrected chi connectivity index (χ1v) is 8.02. The zero-order valence-electron chi connectivity index (χ0n) is 13.2. The lowest BCUT2D eigenvalue weighted by Gasteiger charge is -2.12. The van der Waals surface area contributed by atoms with Crippen LogP contribution < -0.4 is 5.32 Å². The van der Waals surface area contributed by atoms with Crippen molar-refractivity contribution in [2.75, 3.05) is 13.2 Å². The van der Waals surface area contributed by atoms with Crippen LogP contribution in [0.25, 0.3) is 22.4 Å². The van der Waals surface area contributed by atoms with E-state index in [1.807, 2.05) is 48.3 Å². The molecule has 5 heteroatoms. The zero-order valence-corrected chi connectivity index (χ0v) is 13.2. The molecular weight excluding hydrogens is 290 g/mol. The van der Waals surface area contributed by atoms with Crippen LogP contribution in [0.15, 0.2) is 40.9 Å². The first-order chi connectivity index (χ1) is 11.2. The fraction of sp³-hybridized carbons (Fsp3) is 0.389. The molecule has 0 aliphatic heterocycles. The predicted octanol–water partition coefficient (Wildman–Crippen LogP) is 2.70. The van der Waals surface area contributed by atoms with Crippen LogP contribution in [-0.4, -0.2) is 28.0 Å². The monoisotopic (exact) mass is 311 g/mol. The van der Waals surface area contributed by atoms with Gasteiger partial charge in [-0.05, 0) is 25.0 Å². The highest BCUT2D eigenvalue weighted by Crippen LogP contribution is 2.44. The lowest BCUT2D eigenvalue weighted by atomic mass is 10.1. The minimum Gasteiger partial charge on any atom is -0.454 e. The van der Waals surface area contributed by atoms with Gasteiger partial charge in [-0.2, -0.15) is 5.10 Å². The molecule has 2 aromatic heterocycles. The van der Waals surface area contributed by atoms with Gasteiger partial charge in [-0.3, -0.25) is 4.68 Å². The summed E-state index contributed by atoms with van der Waals surface area (Å²) in [6.45, 7) is 1.84. The minimum atomic E-state index is 0.113. The molecule has 0 saturated heterocycles. The smallest absolute Gasteiger partial charge is 0.156 e. The normalized spacial score (nSPS) is 16.1. The summed E-state index contributed by atoms with van der Waals surface area (Å²) in [5.41, 5.74) is 2.98. The Hall–Kier alpha value is -2.11. The molecule has 3 aromatic rings. The van der Waals surface area contributed by atoms with Gasteiger partial charge in [-0.25, -0.2) is 0 Å². The number of hydrogen-bond donors (Lipinski definition) is 2. The second kappa shape index (κ2) is 5.51. The van der Waals surface area contributed by atoms with E-state index in [0.717, 1.165) is 53.9 Å². The van der Waals surface area contributed by atoms with E-state index in [0.29, 0.717) is 0 Å². The van der Waals surface area contributed by atoms with Crippen molar-refractivity contribution >= 4 is 11.0 Å². The van der Waals surface area contributed by atoms with E-state index < -0.39 is 0 Å². The van der Waals surface area contributed by atoms with Crippen molar-refractivity contribution in [3.05, 3.63) is 42.1 Å². The molecule has 1 aliphatic rings. The number of aryl methyl sites for hydroxylation is 1. The summed E-state index contributed by atoms with van der Waals surface area (Å²) in [7, 11) is 1.92. The largest absolute Gasteiger partial charge is 0.454 e. The summed E-state index contributed by atoms with van der Waals surface area (Å²) in [6.07, 6.45) is 4.24. The van der Waals surface area contributed by atoms with Gasteiger partial charge in [-0.1, -0.05) is 18.2 Å². The second-order valence-corrected chi connectivity index (χ2v) is 6.59. The Morgan fingerprint density at radius 2 is 2.17 bits per heavy atom. The predicted molar refractivity (Wildman–Crippen MR) is 88.9 cm³/mol. The van der Waals surface area contributed by atoms with Crippen LogP contribution in [0.5, 0.6) is 0 Å². The molecule has 1 aromatic carbocycles. The molecule has 0 spiro atoms. The van der Waals surface area contributed by atoms with Crippen molar-refractivity contribution < 1.29 is 9.52 Å². The van der Waals surface area contributed by atoms with Crippen molar-refractivity contribution in [1.82, 2.24) is 15.1 Å². The summed E-state index contributed by atoms with van der Waals surface area (Å²) in [6, 6.07) is 10.0. The summed E-state index contributed by atoms with van der Waals surface area (Å²) in [4.78, 5) is 0. The molecule has 5 nitrogen and oxygen atoms in total. The molecule has 1 fully saturated rings. The number of aromatic nitrogens is 2. The Morgan fingerprint density at radius 3 is 2.91 bits per heavy atom. The average Bonchev–Trinajstić information content (AvgIpc) is 3.04. The summed E-state index contributed by atoms with van der Waals surface area (Å²) in [5.74, 6) is 0.798. The van der Waals surface area contributed by atoms with Crippen LogP contribution in [0.2, 0.25) is 0 Å². The number of aliphatic hydroxyl groups excluding tert-OH is 1. The van der Waals surface area contributed by atoms with Crippen LogP contribution >= 0.6 is 0 Å². The van der Waals surface area contributed by atoms with Crippen molar-refractivity contribution in [2.24, 2.45) is 12.5 Å². The van der Waals surface area contributed by atoms with E-state index in [2.05, 4.69) is 10.4 Å². The van der Waals surface area contributed by atoms with Gasteiger partial charge in [0.05, 0.1) is 0 Å². The van der Waals surface area contributed by atoms with E-state index in [9.17, 15) is 5.11 Å². The van der Waals surface area contributed by atoms with Gasteiger partial charge >= 0.3 is 0 Å². The van der Waals surface area contributed by atoms with Gasteiger partial charge in [0, 0.05) is 49.3 Å². The minimum absolute atomic E-state index is 0.113. The third-order valence-electron chi connectivity index (χ3n) is 4.67. The molecule has 23 heavy (non-hydrogen) atoms. The van der Waals surface area contributed by atoms with Crippen molar-refractivity contribution in [2.45, 2.75) is 19.4 Å². The lowest BCUT2D eigenvalue weighted by molar-refractivity contribution is 0.207. The van der Waals surface area contributed by atoms with E-state index in [1.54, 1.807) is 0 Å². The van der Waals surface area contributed by atoms with Gasteiger partial charge in [0.1, 0.15) is 11.3 Å². The Balaban J connectivity index is 1.56. The topological polar surface area (TPSA) is 63.2 Å². The number of hydrogen-bond acceptors (Lipinski definition) is 4. The van der Waals surface area contributed by atoms with Gasteiger partial charge in [0.2, 0.25) is 0 Å². The molecular formula is C18H21N3O2. The molecule has 4 rings (SSSR count). The molecule has 2 heterocycles. The fourth-order valence-electron chi connectivity index (χ4n) is 3.00. The van der Waals surface area contributed by atoms with Crippen molar-refractivity contribution in [3.63, 3.8) is 0 Å². The third-order valence-corrected chi connectivity index (χ3v) is 4.67. The number of para-hydroxylation sites is 1. The SMILES string of the molecule is Cn1cc(CNCC2(CO)CC2)c(-c2cc3ccccc3o2)n1. The Kier molecular flexibility index (Phi) is 3.47. The highest BCUT2D eigenvalue weighted by Gasteiger charge is 2.41. The highest BCUT2D eigenvalue weighted by atomic mass is 16.3. The maximum Gasteiger partial charge on any atom is 0.156 e. The van der Waals surface area contributed by atoms with Crippen LogP contribution in [0, 0.1) is 5.41 Å². The van der Waals surface area contributed by atoms with E-state index in [4.69, 9.17) is 4.42 Å². The number of aliphatic hydroxyl groups is 1. The molecule has 1 aliphatic carbocycles. The van der Waals surface area contributed by atoms with Crippen molar-refractivity contribution in [1.29, 1.82) is 0 Å². The molecule has 0 radical (unpaired) electrons. The summed E-state index contributed by atoms with van der Waals surface area (Å²) < 4.78 is 7.76. The molecule has 0 bridgehead atoms. The Labute approximate surface area is 134 Å². The number of benzene rings is 1. The van der Waals surface area contributed by atoms with Crippen LogP contribution in [0.3, 0.4) is 0 Å². The molecule has 0 amide bonds. The number of rotatable bonds is 6. The number of furan rings is 1. The maximum atomic E-state index is 9.40. The van der Waals surface area contributed by atoms with E-state index in [1.165, 1.54) is 0 Å². The average molecular weight is 311 g/mol. The summed E-state index contributed by atoms with van der Waals surface area (Å²) >= 11 is 0. The first-order valence-electron chi connectivity index (χ1n) is 8.02. The Morgan fingerprint density at radius 1 is 1.35 bits per heavy atom. The van der Waals surface area contributed by atoms with Gasteiger partial charge in [-0.15, -0.1) is 0 Å². The third kappa shape index (κ3) is 2.78. The summed E-state index contributed by atoms with van der Waals surface area (Å²) in [5, 5.41) is 18.5. The fourth-order valence-corrected chi connectivity index (χ4v) is 3.00. The number of fused-ring (bicyclic) bond motifs is 1. The second-order valence-electron chi connectivity index (χ2n) is 6.59. The van der Waals surface area contributed by atoms with E-state index in [-0.39, 0.29) is 12.0 Å². The number of nitrogens with zero attached hydrogens (tertiary/aromatic N) is 2. The molecule has 2 N–H and O–H groups in total. The Bertz CT molecular complexity index is 797. The zero-order chi connectivity index (χ0) is 15.9. The first kappa shape index (κ1) is 14.5. The lowest BCUT2D eigenvalue weighted by Crippen LogP contribution is -2.26. The van der Waals surface area contributed by atoms with Crippen LogP contribution in [0.4, 0.5) is 0 Å². The molecule has 0 unspecified atom stereocenters. The standard InChI is InChI=1S/C18H21N3O2/c1-21-10-14(9-19-11-18(12-22)6-7-18)17(20-21)16-8-13-4-2-3-5-15(13)23-16/h2-5,8,10,19,22H,6-7,9,11-12H2,1H3. The quantitative estimate of drug-likeness (QED) is 0.735. The molecule has 1 saturated carbocycles. The van der Waals surface area contributed by atoms with Gasteiger partial charge < -0.3 is 14.8 Å². The van der Waals surface area contributed by atoms with Crippen LogP contribution in [-0.2, 0) is 13.6 Å². The molecule has 120 valence electrons. The van der Waals surface area contributed by atoms with Gasteiger partial charge in [0.15, 0.2) is 5.76 Å². The van der Waals surface area contributed by atoms with Gasteiger partial charge in [0.25, 0.3) is 0 Å². The highest BCUT2D eigenvalue weighted by molar-refractivity contribution is 5.82.